The quantitative estimate of drug-likeness (QED) is 0.704. The fourth-order valence-corrected chi connectivity index (χ4v) is 4.87. The molecule has 0 radical (unpaired) electrons. The van der Waals surface area contributed by atoms with Gasteiger partial charge in [-0.15, -0.1) is 0 Å². The molecule has 1 aromatic rings. The third kappa shape index (κ3) is 6.01. The molecule has 1 unspecified atom stereocenters. The molecule has 0 aromatic heterocycles. The number of hydrogen-bond acceptors (Lipinski definition) is 4. The minimum atomic E-state index is -0.0613. The average molecular weight is 443 g/mol. The van der Waals surface area contributed by atoms with Crippen molar-refractivity contribution in [2.75, 3.05) is 57.8 Å². The van der Waals surface area contributed by atoms with Crippen LogP contribution >= 0.6 is 0 Å². The van der Waals surface area contributed by atoms with Gasteiger partial charge in [-0.05, 0) is 57.6 Å². The number of aryl methyl sites for hydroxylation is 2. The minimum Gasteiger partial charge on any atom is -0.379 e. The zero-order valence-electron chi connectivity index (χ0n) is 19.6. The van der Waals surface area contributed by atoms with Crippen molar-refractivity contribution in [2.24, 2.45) is 5.92 Å². The molecule has 3 amide bonds. The van der Waals surface area contributed by atoms with Crippen molar-refractivity contribution in [3.8, 4) is 0 Å². The maximum Gasteiger partial charge on any atom is 0.321 e. The molecular formula is C25H38N4O3. The molecule has 2 aliphatic heterocycles. The van der Waals surface area contributed by atoms with E-state index in [1.54, 1.807) is 0 Å². The molecule has 1 aliphatic carbocycles. The average Bonchev–Trinajstić information content (AvgIpc) is 3.64. The van der Waals surface area contributed by atoms with Gasteiger partial charge in [-0.3, -0.25) is 9.69 Å². The molecule has 3 aliphatic rings. The Labute approximate surface area is 192 Å². The summed E-state index contributed by atoms with van der Waals surface area (Å²) in [6.45, 7) is 10.8. The largest absolute Gasteiger partial charge is 0.379 e. The van der Waals surface area contributed by atoms with Crippen LogP contribution < -0.4 is 5.32 Å². The van der Waals surface area contributed by atoms with E-state index in [2.05, 4.69) is 28.1 Å². The second-order valence-electron chi connectivity index (χ2n) is 9.60. The molecule has 0 bridgehead atoms. The summed E-state index contributed by atoms with van der Waals surface area (Å²) in [6.07, 6.45) is 4.92. The van der Waals surface area contributed by atoms with E-state index in [0.29, 0.717) is 12.5 Å². The second-order valence-corrected chi connectivity index (χ2v) is 9.60. The van der Waals surface area contributed by atoms with Gasteiger partial charge in [0.1, 0.15) is 0 Å². The van der Waals surface area contributed by atoms with Crippen LogP contribution in [0.5, 0.6) is 0 Å². The summed E-state index contributed by atoms with van der Waals surface area (Å²) >= 11 is 0. The van der Waals surface area contributed by atoms with Crippen LogP contribution in [0.3, 0.4) is 0 Å². The highest BCUT2D eigenvalue weighted by molar-refractivity contribution is 5.90. The normalized spacial score (nSPS) is 21.9. The topological polar surface area (TPSA) is 65.1 Å². The molecule has 7 nitrogen and oxygen atoms in total. The highest BCUT2D eigenvalue weighted by Gasteiger charge is 2.38. The fourth-order valence-electron chi connectivity index (χ4n) is 4.87. The predicted octanol–water partition coefficient (Wildman–Crippen LogP) is 3.26. The number of carbonyl (C=O) groups is 2. The van der Waals surface area contributed by atoms with E-state index in [1.165, 1.54) is 5.56 Å². The molecule has 32 heavy (non-hydrogen) atoms. The first-order valence-electron chi connectivity index (χ1n) is 12.2. The van der Waals surface area contributed by atoms with Gasteiger partial charge in [0.25, 0.3) is 0 Å². The van der Waals surface area contributed by atoms with Gasteiger partial charge in [-0.25, -0.2) is 4.79 Å². The monoisotopic (exact) mass is 442 g/mol. The van der Waals surface area contributed by atoms with E-state index >= 15 is 0 Å². The molecule has 0 spiro atoms. The Morgan fingerprint density at radius 2 is 1.91 bits per heavy atom. The molecule has 1 saturated carbocycles. The van der Waals surface area contributed by atoms with Gasteiger partial charge in [0, 0.05) is 56.9 Å². The number of nitrogens with zero attached hydrogens (tertiary/aromatic N) is 3. The molecule has 3 fully saturated rings. The van der Waals surface area contributed by atoms with Crippen LogP contribution in [0.2, 0.25) is 0 Å². The first kappa shape index (κ1) is 23.1. The lowest BCUT2D eigenvalue weighted by Crippen LogP contribution is -2.53. The number of carbonyl (C=O) groups excluding carboxylic acids is 2. The number of ether oxygens (including phenoxy) is 1. The standard InChI is InChI=1S/C25H38N4O3/c1-19-6-9-23(20(2)17-19)26-25(31)28-11-3-5-22(18-28)29(24(30)21-7-8-21)12-4-10-27-13-15-32-16-14-27/h6,9,17,21-22H,3-5,7-8,10-16,18H2,1-2H3,(H,26,31). The SMILES string of the molecule is Cc1ccc(NC(=O)N2CCCC(N(CCCN3CCOCC3)C(=O)C3CC3)C2)c(C)c1. The molecule has 4 rings (SSSR count). The third-order valence-corrected chi connectivity index (χ3v) is 6.93. The summed E-state index contributed by atoms with van der Waals surface area (Å²) in [7, 11) is 0. The molecule has 7 heteroatoms. The maximum atomic E-state index is 13.1. The van der Waals surface area contributed by atoms with Crippen molar-refractivity contribution in [1.29, 1.82) is 0 Å². The Bertz CT molecular complexity index is 804. The number of urea groups is 1. The number of anilines is 1. The zero-order chi connectivity index (χ0) is 22.5. The summed E-state index contributed by atoms with van der Waals surface area (Å²) in [6, 6.07) is 6.13. The molecule has 176 valence electrons. The van der Waals surface area contributed by atoms with Gasteiger partial charge >= 0.3 is 6.03 Å². The van der Waals surface area contributed by atoms with Crippen molar-refractivity contribution in [3.63, 3.8) is 0 Å². The van der Waals surface area contributed by atoms with Gasteiger partial charge in [0.2, 0.25) is 5.91 Å². The van der Waals surface area contributed by atoms with E-state index in [1.807, 2.05) is 24.0 Å². The lowest BCUT2D eigenvalue weighted by molar-refractivity contribution is -0.136. The minimum absolute atomic E-state index is 0.0613. The number of benzene rings is 1. The molecule has 2 heterocycles. The van der Waals surface area contributed by atoms with Gasteiger partial charge in [0.05, 0.1) is 13.2 Å². The van der Waals surface area contributed by atoms with Crippen LogP contribution in [0, 0.1) is 19.8 Å². The Morgan fingerprint density at radius 3 is 2.62 bits per heavy atom. The van der Waals surface area contributed by atoms with Crippen LogP contribution in [0.15, 0.2) is 18.2 Å². The molecule has 1 N–H and O–H groups in total. The van der Waals surface area contributed by atoms with Gasteiger partial charge < -0.3 is 19.9 Å². The molecule has 2 saturated heterocycles. The van der Waals surface area contributed by atoms with Crippen molar-refractivity contribution >= 4 is 17.6 Å². The Balaban J connectivity index is 1.35. The lowest BCUT2D eigenvalue weighted by atomic mass is 10.0. The maximum absolute atomic E-state index is 13.1. The number of hydrogen-bond donors (Lipinski definition) is 1. The van der Waals surface area contributed by atoms with E-state index in [-0.39, 0.29) is 18.0 Å². The van der Waals surface area contributed by atoms with Crippen LogP contribution in [0.25, 0.3) is 0 Å². The summed E-state index contributed by atoms with van der Waals surface area (Å²) in [5.41, 5.74) is 3.12. The second kappa shape index (κ2) is 10.7. The zero-order valence-corrected chi connectivity index (χ0v) is 19.6. The van der Waals surface area contributed by atoms with E-state index in [0.717, 1.165) is 89.3 Å². The number of piperidine rings is 1. The summed E-state index contributed by atoms with van der Waals surface area (Å²) in [5.74, 6) is 0.506. The third-order valence-electron chi connectivity index (χ3n) is 6.93. The predicted molar refractivity (Wildman–Crippen MR) is 126 cm³/mol. The van der Waals surface area contributed by atoms with Crippen molar-refractivity contribution in [2.45, 2.75) is 52.0 Å². The van der Waals surface area contributed by atoms with Crippen molar-refractivity contribution < 1.29 is 14.3 Å². The van der Waals surface area contributed by atoms with Crippen LogP contribution in [-0.4, -0.2) is 85.2 Å². The molecule has 1 atom stereocenters. The van der Waals surface area contributed by atoms with E-state index < -0.39 is 0 Å². The number of rotatable bonds is 7. The Morgan fingerprint density at radius 1 is 1.12 bits per heavy atom. The fraction of sp³-hybridized carbons (Fsp3) is 0.680. The van der Waals surface area contributed by atoms with Crippen LogP contribution in [-0.2, 0) is 9.53 Å². The van der Waals surface area contributed by atoms with E-state index in [9.17, 15) is 9.59 Å². The van der Waals surface area contributed by atoms with Crippen LogP contribution in [0.1, 0.15) is 43.2 Å². The molecular weight excluding hydrogens is 404 g/mol. The Hall–Kier alpha value is -2.12. The highest BCUT2D eigenvalue weighted by Crippen LogP contribution is 2.33. The van der Waals surface area contributed by atoms with Crippen molar-refractivity contribution in [3.05, 3.63) is 29.3 Å². The summed E-state index contributed by atoms with van der Waals surface area (Å²) < 4.78 is 5.44. The number of nitrogens with one attached hydrogen (secondary N) is 1. The van der Waals surface area contributed by atoms with Gasteiger partial charge in [-0.1, -0.05) is 17.7 Å². The number of likely N-dealkylation sites (tertiary alicyclic amines) is 1. The van der Waals surface area contributed by atoms with Gasteiger partial charge in [-0.2, -0.15) is 0 Å². The Kier molecular flexibility index (Phi) is 7.68. The first-order chi connectivity index (χ1) is 15.5. The van der Waals surface area contributed by atoms with E-state index in [4.69, 9.17) is 4.74 Å². The smallest absolute Gasteiger partial charge is 0.321 e. The number of morpholine rings is 1. The summed E-state index contributed by atoms with van der Waals surface area (Å²) in [5, 5.41) is 3.08. The summed E-state index contributed by atoms with van der Waals surface area (Å²) in [4.78, 5) is 32.5. The highest BCUT2D eigenvalue weighted by atomic mass is 16.5. The van der Waals surface area contributed by atoms with Gasteiger partial charge in [0.15, 0.2) is 0 Å². The van der Waals surface area contributed by atoms with Crippen LogP contribution in [0.4, 0.5) is 10.5 Å². The number of amides is 3. The molecule has 1 aromatic carbocycles. The first-order valence-corrected chi connectivity index (χ1v) is 12.2. The lowest BCUT2D eigenvalue weighted by Gasteiger charge is -2.40. The van der Waals surface area contributed by atoms with Crippen molar-refractivity contribution in [1.82, 2.24) is 14.7 Å².